The van der Waals surface area contributed by atoms with Crippen molar-refractivity contribution in [3.63, 3.8) is 0 Å². The van der Waals surface area contributed by atoms with E-state index in [9.17, 15) is 17.6 Å². The molecular weight excluding hydrogens is 343 g/mol. The smallest absolute Gasteiger partial charge is 0.252 e. The highest BCUT2D eigenvalue weighted by Gasteiger charge is 2.11. The van der Waals surface area contributed by atoms with Crippen LogP contribution in [0, 0.1) is 17.7 Å². The number of amides is 1. The van der Waals surface area contributed by atoms with Crippen molar-refractivity contribution in [3.05, 3.63) is 71.0 Å². The monoisotopic (exact) mass is 360 g/mol. The number of carbonyl (C=O) groups excluding carboxylic acids is 1. The van der Waals surface area contributed by atoms with Crippen molar-refractivity contribution in [2.75, 3.05) is 13.6 Å². The van der Waals surface area contributed by atoms with E-state index in [1.807, 2.05) is 0 Å². The number of benzene rings is 2. The zero-order valence-corrected chi connectivity index (χ0v) is 14.4. The first-order valence-corrected chi connectivity index (χ1v) is 9.08. The third kappa shape index (κ3) is 5.71. The second kappa shape index (κ2) is 8.42. The Morgan fingerprint density at radius 2 is 1.92 bits per heavy atom. The van der Waals surface area contributed by atoms with Gasteiger partial charge in [-0.05, 0) is 29.8 Å². The molecule has 2 aromatic carbocycles. The van der Waals surface area contributed by atoms with Crippen LogP contribution in [-0.2, 0) is 15.8 Å². The predicted molar refractivity (Wildman–Crippen MR) is 93.7 cm³/mol. The lowest BCUT2D eigenvalue weighted by Crippen LogP contribution is -2.25. The Morgan fingerprint density at radius 3 is 2.64 bits per heavy atom. The van der Waals surface area contributed by atoms with Gasteiger partial charge < -0.3 is 5.32 Å². The molecule has 7 heteroatoms. The van der Waals surface area contributed by atoms with Crippen LogP contribution in [0.3, 0.4) is 0 Å². The first-order chi connectivity index (χ1) is 11.9. The molecule has 0 heterocycles. The van der Waals surface area contributed by atoms with Crippen LogP contribution in [-0.4, -0.2) is 27.9 Å². The fraction of sp³-hybridized carbons (Fsp3) is 0.167. The summed E-state index contributed by atoms with van der Waals surface area (Å²) in [6, 6.07) is 12.2. The van der Waals surface area contributed by atoms with Crippen molar-refractivity contribution in [2.45, 2.75) is 5.75 Å². The van der Waals surface area contributed by atoms with E-state index in [1.54, 1.807) is 24.3 Å². The highest BCUT2D eigenvalue weighted by atomic mass is 32.2. The summed E-state index contributed by atoms with van der Waals surface area (Å²) in [4.78, 5) is 11.7. The van der Waals surface area contributed by atoms with Gasteiger partial charge in [-0.3, -0.25) is 4.79 Å². The van der Waals surface area contributed by atoms with Gasteiger partial charge in [-0.2, -0.15) is 0 Å². The van der Waals surface area contributed by atoms with Crippen LogP contribution in [0.1, 0.15) is 21.5 Å². The molecule has 0 aliphatic carbocycles. The van der Waals surface area contributed by atoms with Gasteiger partial charge in [-0.15, -0.1) is 0 Å². The van der Waals surface area contributed by atoms with Gasteiger partial charge in [0.15, 0.2) is 0 Å². The summed E-state index contributed by atoms with van der Waals surface area (Å²) in [5, 5.41) is 2.52. The molecule has 0 saturated heterocycles. The lowest BCUT2D eigenvalue weighted by Gasteiger charge is -2.04. The quantitative estimate of drug-likeness (QED) is 0.797. The third-order valence-electron chi connectivity index (χ3n) is 3.25. The lowest BCUT2D eigenvalue weighted by atomic mass is 10.1. The van der Waals surface area contributed by atoms with Gasteiger partial charge in [0.05, 0.1) is 17.9 Å². The highest BCUT2D eigenvalue weighted by molar-refractivity contribution is 7.88. The number of nitrogens with one attached hydrogen (secondary N) is 2. The summed E-state index contributed by atoms with van der Waals surface area (Å²) in [6.45, 7) is -0.111. The lowest BCUT2D eigenvalue weighted by molar-refractivity contribution is 0.0963. The van der Waals surface area contributed by atoms with E-state index in [0.717, 1.165) is 0 Å². The summed E-state index contributed by atoms with van der Waals surface area (Å²) in [5.41, 5.74) is 1.27. The Hall–Kier alpha value is -2.69. The van der Waals surface area contributed by atoms with Gasteiger partial charge >= 0.3 is 0 Å². The Kier molecular flexibility index (Phi) is 6.28. The van der Waals surface area contributed by atoms with E-state index in [1.165, 1.54) is 31.3 Å². The predicted octanol–water partition coefficient (Wildman–Crippen LogP) is 1.66. The molecule has 0 unspecified atom stereocenters. The first-order valence-electron chi connectivity index (χ1n) is 7.43. The molecule has 0 aliphatic heterocycles. The van der Waals surface area contributed by atoms with Crippen LogP contribution >= 0.6 is 0 Å². The fourth-order valence-electron chi connectivity index (χ4n) is 2.11. The molecule has 0 atom stereocenters. The van der Waals surface area contributed by atoms with Crippen LogP contribution in [0.2, 0.25) is 0 Å². The average Bonchev–Trinajstić information content (AvgIpc) is 2.58. The Labute approximate surface area is 146 Å². The van der Waals surface area contributed by atoms with Crippen molar-refractivity contribution < 1.29 is 17.6 Å². The maximum Gasteiger partial charge on any atom is 0.252 e. The zero-order chi connectivity index (χ0) is 18.3. The highest BCUT2D eigenvalue weighted by Crippen LogP contribution is 2.08. The van der Waals surface area contributed by atoms with Crippen LogP contribution in [0.25, 0.3) is 0 Å². The van der Waals surface area contributed by atoms with Crippen molar-refractivity contribution in [1.29, 1.82) is 0 Å². The fourth-order valence-corrected chi connectivity index (χ4v) is 3.12. The summed E-state index contributed by atoms with van der Waals surface area (Å²) in [7, 11) is -2.11. The van der Waals surface area contributed by atoms with Gasteiger partial charge in [0.1, 0.15) is 5.82 Å². The average molecular weight is 360 g/mol. The van der Waals surface area contributed by atoms with E-state index in [0.29, 0.717) is 16.7 Å². The van der Waals surface area contributed by atoms with Crippen LogP contribution in [0.5, 0.6) is 0 Å². The molecule has 0 aliphatic rings. The number of hydrogen-bond donors (Lipinski definition) is 2. The molecule has 2 rings (SSSR count). The molecule has 25 heavy (non-hydrogen) atoms. The van der Waals surface area contributed by atoms with E-state index < -0.39 is 15.8 Å². The number of sulfonamides is 1. The van der Waals surface area contributed by atoms with E-state index in [4.69, 9.17) is 0 Å². The second-order valence-corrected chi connectivity index (χ2v) is 6.94. The molecule has 0 saturated carbocycles. The van der Waals surface area contributed by atoms with E-state index in [-0.39, 0.29) is 18.2 Å². The van der Waals surface area contributed by atoms with Gasteiger partial charge in [0.25, 0.3) is 5.91 Å². The molecule has 0 radical (unpaired) electrons. The van der Waals surface area contributed by atoms with Crippen molar-refractivity contribution in [1.82, 2.24) is 10.0 Å². The maximum atomic E-state index is 13.1. The van der Waals surface area contributed by atoms with Crippen LogP contribution in [0.4, 0.5) is 4.39 Å². The maximum absolute atomic E-state index is 13.1. The molecular formula is C18H17FN2O3S. The van der Waals surface area contributed by atoms with Crippen LogP contribution in [0.15, 0.2) is 48.5 Å². The van der Waals surface area contributed by atoms with Gasteiger partial charge in [-0.25, -0.2) is 17.5 Å². The van der Waals surface area contributed by atoms with E-state index >= 15 is 0 Å². The minimum Gasteiger partial charge on any atom is -0.355 e. The molecule has 5 nitrogen and oxygen atoms in total. The second-order valence-electron chi connectivity index (χ2n) is 5.14. The number of hydrogen-bond acceptors (Lipinski definition) is 3. The summed E-state index contributed by atoms with van der Waals surface area (Å²) < 4.78 is 39.4. The van der Waals surface area contributed by atoms with Gasteiger partial charge in [-0.1, -0.05) is 36.1 Å². The molecule has 2 aromatic rings. The summed E-state index contributed by atoms with van der Waals surface area (Å²) in [5.74, 6) is 4.37. The molecule has 0 spiro atoms. The molecule has 0 fully saturated rings. The zero-order valence-electron chi connectivity index (χ0n) is 13.5. The summed E-state index contributed by atoms with van der Waals surface area (Å²) in [6.07, 6.45) is 0. The van der Waals surface area contributed by atoms with E-state index in [2.05, 4.69) is 21.9 Å². The number of halogens is 1. The summed E-state index contributed by atoms with van der Waals surface area (Å²) >= 11 is 0. The Bertz CT molecular complexity index is 931. The Balaban J connectivity index is 2.02. The molecule has 0 bridgehead atoms. The first kappa shape index (κ1) is 18.6. The third-order valence-corrected chi connectivity index (χ3v) is 4.55. The van der Waals surface area contributed by atoms with Gasteiger partial charge in [0, 0.05) is 12.6 Å². The topological polar surface area (TPSA) is 75.3 Å². The molecule has 130 valence electrons. The molecule has 2 N–H and O–H groups in total. The van der Waals surface area contributed by atoms with Crippen LogP contribution < -0.4 is 10.0 Å². The van der Waals surface area contributed by atoms with Crippen molar-refractivity contribution in [2.24, 2.45) is 0 Å². The molecule has 0 aromatic heterocycles. The largest absolute Gasteiger partial charge is 0.355 e. The minimum absolute atomic E-state index is 0.111. The molecule has 1 amide bonds. The Morgan fingerprint density at radius 1 is 1.16 bits per heavy atom. The number of rotatable bonds is 5. The SMILES string of the molecule is CNC(=O)c1ccccc1C#CCNS(=O)(=O)Cc1cccc(F)c1. The van der Waals surface area contributed by atoms with Crippen molar-refractivity contribution >= 4 is 15.9 Å². The van der Waals surface area contributed by atoms with Gasteiger partial charge in [0.2, 0.25) is 10.0 Å². The number of carbonyl (C=O) groups is 1. The normalized spacial score (nSPS) is 10.6. The minimum atomic E-state index is -3.64. The standard InChI is InChI=1S/C18H17FN2O3S/c1-20-18(22)17-10-3-2-7-15(17)8-5-11-21-25(23,24)13-14-6-4-9-16(19)12-14/h2-4,6-7,9-10,12,21H,11,13H2,1H3,(H,20,22). The van der Waals surface area contributed by atoms with Crippen molar-refractivity contribution in [3.8, 4) is 11.8 Å².